The van der Waals surface area contributed by atoms with Crippen molar-refractivity contribution in [3.63, 3.8) is 0 Å². The van der Waals surface area contributed by atoms with Gasteiger partial charge in [0.2, 0.25) is 0 Å². The van der Waals surface area contributed by atoms with E-state index in [4.69, 9.17) is 4.37 Å². The molecule has 0 amide bonds. The Labute approximate surface area is 176 Å². The zero-order valence-electron chi connectivity index (χ0n) is 16.8. The first-order valence-corrected chi connectivity index (χ1v) is 10.9. The van der Waals surface area contributed by atoms with Crippen LogP contribution in [0.5, 0.6) is 0 Å². The summed E-state index contributed by atoms with van der Waals surface area (Å²) in [4.78, 5) is 1.18. The molecule has 0 atom stereocenters. The fourth-order valence-corrected chi connectivity index (χ4v) is 4.78. The highest BCUT2D eigenvalue weighted by Gasteiger charge is 2.38. The molecule has 1 N–H and O–H groups in total. The predicted molar refractivity (Wildman–Crippen MR) is 125 cm³/mol. The van der Waals surface area contributed by atoms with Gasteiger partial charge in [-0.25, -0.2) is 0 Å². The molecule has 5 rings (SSSR count). The molecule has 1 aliphatic carbocycles. The SMILES string of the molecule is CNc1c(-c2ccccc2)nsc1-c1ccc(-c2ccc(C3(C)CC3)cc2)cc1. The van der Waals surface area contributed by atoms with Crippen LogP contribution in [0.3, 0.4) is 0 Å². The van der Waals surface area contributed by atoms with Crippen LogP contribution >= 0.6 is 11.5 Å². The van der Waals surface area contributed by atoms with Crippen LogP contribution in [0.4, 0.5) is 5.69 Å². The molecule has 1 aliphatic rings. The molecule has 1 heterocycles. The van der Waals surface area contributed by atoms with Gasteiger partial charge in [-0.2, -0.15) is 4.37 Å². The first-order valence-electron chi connectivity index (χ1n) is 10.1. The molecule has 2 nitrogen and oxygen atoms in total. The number of aromatic nitrogens is 1. The highest BCUT2D eigenvalue weighted by atomic mass is 32.1. The molecule has 3 heteroatoms. The van der Waals surface area contributed by atoms with Gasteiger partial charge in [0.25, 0.3) is 0 Å². The van der Waals surface area contributed by atoms with Crippen LogP contribution < -0.4 is 5.32 Å². The van der Waals surface area contributed by atoms with Gasteiger partial charge in [-0.15, -0.1) is 0 Å². The third-order valence-corrected chi connectivity index (χ3v) is 6.95. The normalized spacial score (nSPS) is 14.6. The van der Waals surface area contributed by atoms with Crippen molar-refractivity contribution in [3.8, 4) is 32.8 Å². The Morgan fingerprint density at radius 3 is 1.93 bits per heavy atom. The molecule has 0 aliphatic heterocycles. The maximum Gasteiger partial charge on any atom is 0.108 e. The Kier molecular flexibility index (Phi) is 4.48. The van der Waals surface area contributed by atoms with Gasteiger partial charge in [0.1, 0.15) is 5.69 Å². The summed E-state index contributed by atoms with van der Waals surface area (Å²) in [6.45, 7) is 2.36. The molecule has 1 aromatic heterocycles. The minimum atomic E-state index is 0.425. The Bertz CT molecular complexity index is 1120. The van der Waals surface area contributed by atoms with Gasteiger partial charge in [-0.1, -0.05) is 85.8 Å². The molecule has 0 saturated heterocycles. The van der Waals surface area contributed by atoms with Crippen molar-refractivity contribution in [1.29, 1.82) is 0 Å². The van der Waals surface area contributed by atoms with Gasteiger partial charge in [0, 0.05) is 12.6 Å². The molecule has 0 spiro atoms. The van der Waals surface area contributed by atoms with E-state index in [1.165, 1.54) is 40.0 Å². The molecule has 0 bridgehead atoms. The number of benzene rings is 3. The molecular formula is C26H24N2S. The number of anilines is 1. The fourth-order valence-electron chi connectivity index (χ4n) is 3.87. The zero-order valence-corrected chi connectivity index (χ0v) is 17.6. The Morgan fingerprint density at radius 1 is 0.759 bits per heavy atom. The van der Waals surface area contributed by atoms with E-state index in [0.29, 0.717) is 5.41 Å². The summed E-state index contributed by atoms with van der Waals surface area (Å²) < 4.78 is 4.73. The molecular weight excluding hydrogens is 372 g/mol. The Balaban J connectivity index is 1.44. The number of rotatable bonds is 5. The minimum Gasteiger partial charge on any atom is -0.385 e. The van der Waals surface area contributed by atoms with Gasteiger partial charge >= 0.3 is 0 Å². The second-order valence-corrected chi connectivity index (χ2v) is 8.84. The first-order chi connectivity index (χ1) is 14.2. The third kappa shape index (κ3) is 3.36. The lowest BCUT2D eigenvalue weighted by Crippen LogP contribution is -1.98. The maximum atomic E-state index is 4.73. The van der Waals surface area contributed by atoms with Gasteiger partial charge in [0.05, 0.1) is 10.6 Å². The molecule has 144 valence electrons. The average Bonchev–Trinajstić information content (AvgIpc) is 3.39. The van der Waals surface area contributed by atoms with Crippen molar-refractivity contribution in [3.05, 3.63) is 84.4 Å². The van der Waals surface area contributed by atoms with E-state index in [1.54, 1.807) is 11.5 Å². The smallest absolute Gasteiger partial charge is 0.108 e. The van der Waals surface area contributed by atoms with E-state index in [-0.39, 0.29) is 0 Å². The molecule has 1 fully saturated rings. The second-order valence-electron chi connectivity index (χ2n) is 8.07. The lowest BCUT2D eigenvalue weighted by atomic mass is 9.95. The van der Waals surface area contributed by atoms with Crippen LogP contribution in [0, 0.1) is 0 Å². The standard InChI is InChI=1S/C26H24N2S/c1-26(16-17-26)22-14-12-19(13-15-22)18-8-10-21(11-9-18)25-24(27-2)23(28-29-25)20-6-4-3-5-7-20/h3-15,27H,16-17H2,1-2H3. The van der Waals surface area contributed by atoms with Gasteiger partial charge in [0.15, 0.2) is 0 Å². The van der Waals surface area contributed by atoms with Gasteiger partial charge in [-0.3, -0.25) is 0 Å². The van der Waals surface area contributed by atoms with Crippen LogP contribution in [0.2, 0.25) is 0 Å². The topological polar surface area (TPSA) is 24.9 Å². The number of nitrogens with one attached hydrogen (secondary N) is 1. The fraction of sp³-hybridized carbons (Fsp3) is 0.192. The quantitative estimate of drug-likeness (QED) is 0.385. The largest absolute Gasteiger partial charge is 0.385 e. The molecule has 4 aromatic rings. The van der Waals surface area contributed by atoms with Crippen molar-refractivity contribution in [2.24, 2.45) is 0 Å². The average molecular weight is 397 g/mol. The van der Waals surface area contributed by atoms with Gasteiger partial charge < -0.3 is 5.32 Å². The van der Waals surface area contributed by atoms with Gasteiger partial charge in [-0.05, 0) is 52.0 Å². The third-order valence-electron chi connectivity index (χ3n) is 6.05. The van der Waals surface area contributed by atoms with Crippen LogP contribution in [0.15, 0.2) is 78.9 Å². The highest BCUT2D eigenvalue weighted by molar-refractivity contribution is 7.10. The van der Waals surface area contributed by atoms with E-state index in [0.717, 1.165) is 16.9 Å². The van der Waals surface area contributed by atoms with Crippen LogP contribution in [-0.2, 0) is 5.41 Å². The summed E-state index contributed by atoms with van der Waals surface area (Å²) in [5, 5.41) is 3.36. The number of hydrogen-bond donors (Lipinski definition) is 1. The second kappa shape index (κ2) is 7.16. The van der Waals surface area contributed by atoms with E-state index < -0.39 is 0 Å². The van der Waals surface area contributed by atoms with E-state index >= 15 is 0 Å². The van der Waals surface area contributed by atoms with Crippen molar-refractivity contribution < 1.29 is 0 Å². The van der Waals surface area contributed by atoms with E-state index in [2.05, 4.69) is 85.0 Å². The van der Waals surface area contributed by atoms with Crippen molar-refractivity contribution in [1.82, 2.24) is 4.37 Å². The molecule has 1 saturated carbocycles. The van der Waals surface area contributed by atoms with Crippen LogP contribution in [-0.4, -0.2) is 11.4 Å². The molecule has 29 heavy (non-hydrogen) atoms. The summed E-state index contributed by atoms with van der Waals surface area (Å²) in [5.74, 6) is 0. The monoisotopic (exact) mass is 396 g/mol. The number of hydrogen-bond acceptors (Lipinski definition) is 3. The van der Waals surface area contributed by atoms with Crippen LogP contribution in [0.1, 0.15) is 25.3 Å². The predicted octanol–water partition coefficient (Wildman–Crippen LogP) is 7.24. The summed E-state index contributed by atoms with van der Waals surface area (Å²) in [7, 11) is 1.97. The molecule has 0 unspecified atom stereocenters. The lowest BCUT2D eigenvalue weighted by molar-refractivity contribution is 0.788. The van der Waals surface area contributed by atoms with Crippen molar-refractivity contribution in [2.75, 3.05) is 12.4 Å². The van der Waals surface area contributed by atoms with Crippen molar-refractivity contribution in [2.45, 2.75) is 25.2 Å². The first kappa shape index (κ1) is 18.1. The summed E-state index contributed by atoms with van der Waals surface area (Å²) in [6.07, 6.45) is 2.63. The summed E-state index contributed by atoms with van der Waals surface area (Å²) in [6, 6.07) is 28.3. The van der Waals surface area contributed by atoms with E-state index in [1.807, 2.05) is 13.1 Å². The summed E-state index contributed by atoms with van der Waals surface area (Å²) >= 11 is 1.55. The zero-order chi connectivity index (χ0) is 19.8. The molecule has 0 radical (unpaired) electrons. The maximum absolute atomic E-state index is 4.73. The number of nitrogens with zero attached hydrogens (tertiary/aromatic N) is 1. The van der Waals surface area contributed by atoms with Crippen molar-refractivity contribution >= 4 is 17.2 Å². The van der Waals surface area contributed by atoms with E-state index in [9.17, 15) is 0 Å². The lowest BCUT2D eigenvalue weighted by Gasteiger charge is -2.10. The highest BCUT2D eigenvalue weighted by Crippen LogP contribution is 2.47. The summed E-state index contributed by atoms with van der Waals surface area (Å²) in [5.41, 5.74) is 8.86. The van der Waals surface area contributed by atoms with Crippen LogP contribution in [0.25, 0.3) is 32.8 Å². The Morgan fingerprint density at radius 2 is 1.34 bits per heavy atom. The molecule has 3 aromatic carbocycles. The minimum absolute atomic E-state index is 0.425. The Hall–Kier alpha value is -2.91.